The number of benzene rings is 2. The second-order valence-corrected chi connectivity index (χ2v) is 8.41. The largest absolute Gasteiger partial charge is 0.482 e. The monoisotopic (exact) mass is 484 g/mol. The zero-order chi connectivity index (χ0) is 19.4. The van der Waals surface area contributed by atoms with Crippen molar-refractivity contribution >= 4 is 61.5 Å². The van der Waals surface area contributed by atoms with Crippen LogP contribution in [0.3, 0.4) is 0 Å². The molecule has 1 heterocycles. The first-order chi connectivity index (χ1) is 13.0. The summed E-state index contributed by atoms with van der Waals surface area (Å²) >= 11 is 16.8. The lowest BCUT2D eigenvalue weighted by Crippen LogP contribution is -2.20. The summed E-state index contributed by atoms with van der Waals surface area (Å²) in [7, 11) is 0. The zero-order valence-electron chi connectivity index (χ0n) is 14.3. The Morgan fingerprint density at radius 3 is 2.63 bits per heavy atom. The van der Waals surface area contributed by atoms with Crippen molar-refractivity contribution in [1.82, 2.24) is 4.98 Å². The van der Waals surface area contributed by atoms with E-state index in [1.165, 1.54) is 11.3 Å². The fraction of sp³-hybridized carbons (Fsp3) is 0.158. The van der Waals surface area contributed by atoms with Gasteiger partial charge in [-0.25, -0.2) is 4.98 Å². The average Bonchev–Trinajstić information content (AvgIpc) is 3.04. The predicted octanol–water partition coefficient (Wildman–Crippen LogP) is 6.46. The van der Waals surface area contributed by atoms with Crippen molar-refractivity contribution in [2.24, 2.45) is 0 Å². The van der Waals surface area contributed by atoms with Crippen molar-refractivity contribution in [2.45, 2.75) is 13.3 Å². The molecule has 3 rings (SSSR count). The van der Waals surface area contributed by atoms with Crippen LogP contribution in [0.2, 0.25) is 10.0 Å². The summed E-state index contributed by atoms with van der Waals surface area (Å²) in [4.78, 5) is 17.9. The standard InChI is InChI=1S/C19H15BrCl2N2O2S/c1-2-16-18(11-3-5-12(20)6-4-11)24-19(27-16)23-17(25)10-26-15-8-7-13(21)9-14(15)22/h3-9H,2,10H2,1H3,(H,23,24,25). The first kappa shape index (κ1) is 20.1. The molecule has 2 aromatic carbocycles. The number of thiazole rings is 1. The van der Waals surface area contributed by atoms with Crippen molar-refractivity contribution in [1.29, 1.82) is 0 Å². The number of hydrogen-bond acceptors (Lipinski definition) is 4. The van der Waals surface area contributed by atoms with Gasteiger partial charge in [0.05, 0.1) is 10.7 Å². The van der Waals surface area contributed by atoms with Crippen LogP contribution in [-0.2, 0) is 11.2 Å². The van der Waals surface area contributed by atoms with Crippen molar-refractivity contribution < 1.29 is 9.53 Å². The Morgan fingerprint density at radius 2 is 1.96 bits per heavy atom. The summed E-state index contributed by atoms with van der Waals surface area (Å²) in [6, 6.07) is 12.8. The maximum absolute atomic E-state index is 12.2. The van der Waals surface area contributed by atoms with Crippen molar-refractivity contribution in [2.75, 3.05) is 11.9 Å². The SMILES string of the molecule is CCc1sc(NC(=O)COc2ccc(Cl)cc2Cl)nc1-c1ccc(Br)cc1. The first-order valence-corrected chi connectivity index (χ1v) is 10.5. The highest BCUT2D eigenvalue weighted by atomic mass is 79.9. The fourth-order valence-corrected chi connectivity index (χ4v) is 4.04. The van der Waals surface area contributed by atoms with Crippen LogP contribution in [0.25, 0.3) is 11.3 Å². The minimum atomic E-state index is -0.306. The van der Waals surface area contributed by atoms with Gasteiger partial charge >= 0.3 is 0 Å². The molecule has 8 heteroatoms. The molecule has 1 aromatic heterocycles. The van der Waals surface area contributed by atoms with Crippen LogP contribution in [0.5, 0.6) is 5.75 Å². The molecule has 0 atom stereocenters. The maximum Gasteiger partial charge on any atom is 0.264 e. The lowest BCUT2D eigenvalue weighted by molar-refractivity contribution is -0.118. The number of aryl methyl sites for hydroxylation is 1. The Balaban J connectivity index is 1.68. The van der Waals surface area contributed by atoms with Crippen molar-refractivity contribution in [3.63, 3.8) is 0 Å². The highest BCUT2D eigenvalue weighted by Crippen LogP contribution is 2.32. The summed E-state index contributed by atoms with van der Waals surface area (Å²) in [5.41, 5.74) is 1.89. The third kappa shape index (κ3) is 5.23. The van der Waals surface area contributed by atoms with E-state index >= 15 is 0 Å². The molecule has 1 amide bonds. The predicted molar refractivity (Wildman–Crippen MR) is 115 cm³/mol. The second kappa shape index (κ2) is 9.06. The average molecular weight is 486 g/mol. The molecule has 0 radical (unpaired) electrons. The van der Waals surface area contributed by atoms with E-state index in [2.05, 4.69) is 33.2 Å². The van der Waals surface area contributed by atoms with Gasteiger partial charge in [-0.3, -0.25) is 10.1 Å². The van der Waals surface area contributed by atoms with Crippen LogP contribution in [-0.4, -0.2) is 17.5 Å². The fourth-order valence-electron chi connectivity index (χ4n) is 2.37. The van der Waals surface area contributed by atoms with Gasteiger partial charge in [-0.15, -0.1) is 11.3 Å². The highest BCUT2D eigenvalue weighted by Gasteiger charge is 2.14. The lowest BCUT2D eigenvalue weighted by Gasteiger charge is -2.07. The molecule has 0 unspecified atom stereocenters. The Labute approximate surface area is 179 Å². The number of aromatic nitrogens is 1. The smallest absolute Gasteiger partial charge is 0.264 e. The van der Waals surface area contributed by atoms with Crippen LogP contribution >= 0.6 is 50.5 Å². The number of ether oxygens (including phenoxy) is 1. The summed E-state index contributed by atoms with van der Waals surface area (Å²) in [6.07, 6.45) is 0.829. The van der Waals surface area contributed by atoms with E-state index in [1.807, 2.05) is 24.3 Å². The summed E-state index contributed by atoms with van der Waals surface area (Å²) in [6.45, 7) is 1.89. The van der Waals surface area contributed by atoms with Crippen LogP contribution in [0.15, 0.2) is 46.9 Å². The number of amides is 1. The highest BCUT2D eigenvalue weighted by molar-refractivity contribution is 9.10. The molecule has 140 valence electrons. The van der Waals surface area contributed by atoms with Gasteiger partial charge in [0.2, 0.25) is 0 Å². The number of hydrogen-bond donors (Lipinski definition) is 1. The van der Waals surface area contributed by atoms with Crippen LogP contribution in [0.4, 0.5) is 5.13 Å². The number of anilines is 1. The van der Waals surface area contributed by atoms with E-state index in [9.17, 15) is 4.79 Å². The number of carbonyl (C=O) groups is 1. The molecule has 4 nitrogen and oxygen atoms in total. The van der Waals surface area contributed by atoms with Gasteiger partial charge in [-0.05, 0) is 36.8 Å². The summed E-state index contributed by atoms with van der Waals surface area (Å²) in [5, 5.41) is 4.19. The van der Waals surface area contributed by atoms with Gasteiger partial charge in [-0.2, -0.15) is 0 Å². The molecule has 0 spiro atoms. The number of carbonyl (C=O) groups excluding carboxylic acids is 1. The van der Waals surface area contributed by atoms with E-state index in [-0.39, 0.29) is 12.5 Å². The molecule has 0 fully saturated rings. The Bertz CT molecular complexity index is 961. The summed E-state index contributed by atoms with van der Waals surface area (Å²) in [5.74, 6) is 0.0972. The zero-order valence-corrected chi connectivity index (χ0v) is 18.2. The van der Waals surface area contributed by atoms with Gasteiger partial charge in [0.1, 0.15) is 5.75 Å². The third-order valence-electron chi connectivity index (χ3n) is 3.64. The topological polar surface area (TPSA) is 51.2 Å². The molecule has 0 aliphatic carbocycles. The summed E-state index contributed by atoms with van der Waals surface area (Å²) < 4.78 is 6.46. The number of nitrogens with zero attached hydrogens (tertiary/aromatic N) is 1. The van der Waals surface area contributed by atoms with Gasteiger partial charge in [0.25, 0.3) is 5.91 Å². The second-order valence-electron chi connectivity index (χ2n) is 5.56. The van der Waals surface area contributed by atoms with Crippen LogP contribution in [0, 0.1) is 0 Å². The van der Waals surface area contributed by atoms with Gasteiger partial charge in [-0.1, -0.05) is 58.2 Å². The molecule has 0 aliphatic heterocycles. The van der Waals surface area contributed by atoms with Crippen LogP contribution in [0.1, 0.15) is 11.8 Å². The quantitative estimate of drug-likeness (QED) is 0.435. The Morgan fingerprint density at radius 1 is 1.22 bits per heavy atom. The molecule has 27 heavy (non-hydrogen) atoms. The number of nitrogens with one attached hydrogen (secondary N) is 1. The van der Waals surface area contributed by atoms with Gasteiger partial charge < -0.3 is 4.74 Å². The normalized spacial score (nSPS) is 10.7. The Hall–Kier alpha value is -1.60. The molecule has 3 aromatic rings. The number of rotatable bonds is 6. The van der Waals surface area contributed by atoms with Crippen molar-refractivity contribution in [3.8, 4) is 17.0 Å². The van der Waals surface area contributed by atoms with Crippen molar-refractivity contribution in [3.05, 3.63) is 61.9 Å². The first-order valence-electron chi connectivity index (χ1n) is 8.09. The molecule has 0 bridgehead atoms. The van der Waals surface area contributed by atoms with Gasteiger partial charge in [0, 0.05) is 19.9 Å². The van der Waals surface area contributed by atoms with E-state index < -0.39 is 0 Å². The molecule has 0 saturated carbocycles. The molecule has 0 aliphatic rings. The Kier molecular flexibility index (Phi) is 6.76. The minimum Gasteiger partial charge on any atom is -0.482 e. The van der Waals surface area contributed by atoms with Gasteiger partial charge in [0.15, 0.2) is 11.7 Å². The third-order valence-corrected chi connectivity index (χ3v) is 5.81. The van der Waals surface area contributed by atoms with Crippen LogP contribution < -0.4 is 10.1 Å². The lowest BCUT2D eigenvalue weighted by atomic mass is 10.1. The van der Waals surface area contributed by atoms with E-state index in [0.29, 0.717) is 20.9 Å². The molecule has 0 saturated heterocycles. The van der Waals surface area contributed by atoms with E-state index in [0.717, 1.165) is 27.0 Å². The molecular formula is C19H15BrCl2N2O2S. The maximum atomic E-state index is 12.2. The molecule has 1 N–H and O–H groups in total. The molecular weight excluding hydrogens is 471 g/mol. The van der Waals surface area contributed by atoms with E-state index in [1.54, 1.807) is 18.2 Å². The van der Waals surface area contributed by atoms with E-state index in [4.69, 9.17) is 27.9 Å². The number of halogens is 3. The minimum absolute atomic E-state index is 0.171.